The first-order valence-electron chi connectivity index (χ1n) is 13.9. The van der Waals surface area contributed by atoms with E-state index in [1.165, 1.54) is 0 Å². The minimum absolute atomic E-state index is 0.0460. The molecule has 1 amide bonds. The second kappa shape index (κ2) is 11.5. The highest BCUT2D eigenvalue weighted by molar-refractivity contribution is 7.94. The number of halogens is 1. The number of aryl methyl sites for hydroxylation is 1. The van der Waals surface area contributed by atoms with E-state index in [0.717, 1.165) is 40.1 Å². The summed E-state index contributed by atoms with van der Waals surface area (Å²) >= 11 is 0. The lowest BCUT2D eigenvalue weighted by Gasteiger charge is -2.47. The second-order valence-electron chi connectivity index (χ2n) is 11.4. The fourth-order valence-electron chi connectivity index (χ4n) is 5.99. The van der Waals surface area contributed by atoms with Crippen molar-refractivity contribution in [1.82, 2.24) is 24.6 Å². The predicted molar refractivity (Wildman–Crippen MR) is 160 cm³/mol. The topological polar surface area (TPSA) is 117 Å². The number of rotatable bonds is 4. The van der Waals surface area contributed by atoms with Crippen LogP contribution < -0.4 is 20.4 Å². The molecule has 0 N–H and O–H groups in total. The van der Waals surface area contributed by atoms with E-state index in [1.807, 2.05) is 24.6 Å². The summed E-state index contributed by atoms with van der Waals surface area (Å²) in [7, 11) is -1.02. The maximum atomic E-state index is 13.1. The third kappa shape index (κ3) is 5.35. The number of fused-ring (bicyclic) bond motifs is 1. The van der Waals surface area contributed by atoms with Gasteiger partial charge in [-0.25, -0.2) is 18.4 Å². The number of nitrogens with zero attached hydrogens (tertiary/aromatic N) is 8. The molecule has 0 radical (unpaired) electrons. The molecule has 0 aromatic carbocycles. The first-order chi connectivity index (χ1) is 19.4. The van der Waals surface area contributed by atoms with Crippen molar-refractivity contribution in [3.63, 3.8) is 0 Å². The lowest BCUT2D eigenvalue weighted by atomic mass is 9.87. The zero-order chi connectivity index (χ0) is 30.3. The molecule has 2 aromatic heterocycles. The van der Waals surface area contributed by atoms with Gasteiger partial charge in [0.05, 0.1) is 24.5 Å². The second-order valence-corrected chi connectivity index (χ2v) is 13.8. The summed E-state index contributed by atoms with van der Waals surface area (Å²) in [5.74, 6) is 2.26. The zero-order valence-corrected chi connectivity index (χ0v) is 25.8. The van der Waals surface area contributed by atoms with Crippen LogP contribution in [0, 0.1) is 0 Å². The Morgan fingerprint density at radius 2 is 1.88 bits per heavy atom. The molecule has 0 spiro atoms. The minimum Gasteiger partial charge on any atom is -0.350 e. The Labute approximate surface area is 241 Å². The molecule has 13 heteroatoms. The molecule has 224 valence electrons. The van der Waals surface area contributed by atoms with E-state index in [1.54, 1.807) is 24.5 Å². The van der Waals surface area contributed by atoms with Crippen molar-refractivity contribution in [2.45, 2.75) is 70.3 Å². The standard InChI is InChI=1S/C27H38N8O3S.CH3F/c1-8-35-20(17(2)12-31-35)11-22(28-7)34-15-27(5,6)23-24(29-16-30-25(23)34)32-13-19(4)33(14-18(32)3)26(36)21-9-10-39(21,37)38;1-2/h11-12,16,18-19,21H,2,8-10,13-15H2,1,3-7H3;1H3/b20-11+,28-22?;/t18-,19+,21?;/m0./s1. The van der Waals surface area contributed by atoms with E-state index >= 15 is 0 Å². The number of carbonyl (C=O) groups is 1. The molecule has 41 heavy (non-hydrogen) atoms. The number of piperazine rings is 1. The molecular formula is C28H41FN8O3S. The Morgan fingerprint density at radius 3 is 2.46 bits per heavy atom. The summed E-state index contributed by atoms with van der Waals surface area (Å²) in [6.45, 7) is 17.0. The third-order valence-corrected chi connectivity index (χ3v) is 10.3. The van der Waals surface area contributed by atoms with Crippen LogP contribution in [0.25, 0.3) is 12.7 Å². The number of aliphatic imine (C=N–C) groups is 1. The summed E-state index contributed by atoms with van der Waals surface area (Å²) in [6, 6.07) is -0.197. The Bertz CT molecular complexity index is 1550. The number of anilines is 2. The first-order valence-corrected chi connectivity index (χ1v) is 15.6. The van der Waals surface area contributed by atoms with Gasteiger partial charge in [0.25, 0.3) is 0 Å². The van der Waals surface area contributed by atoms with Crippen molar-refractivity contribution < 1.29 is 17.6 Å². The number of amides is 1. The minimum atomic E-state index is -3.30. The van der Waals surface area contributed by atoms with Gasteiger partial charge in [-0.05, 0) is 27.2 Å². The molecule has 0 bridgehead atoms. The highest BCUT2D eigenvalue weighted by Gasteiger charge is 2.47. The summed E-state index contributed by atoms with van der Waals surface area (Å²) in [6.07, 6.45) is 5.78. The quantitative estimate of drug-likeness (QED) is 0.382. The Balaban J connectivity index is 0.00000189. The van der Waals surface area contributed by atoms with E-state index < -0.39 is 15.1 Å². The fourth-order valence-corrected chi connectivity index (χ4v) is 7.29. The van der Waals surface area contributed by atoms with Crippen molar-refractivity contribution in [3.8, 4) is 0 Å². The third-order valence-electron chi connectivity index (χ3n) is 8.24. The van der Waals surface area contributed by atoms with Crippen molar-refractivity contribution in [1.29, 1.82) is 0 Å². The number of hydrogen-bond acceptors (Lipinski definition) is 8. The van der Waals surface area contributed by atoms with Gasteiger partial charge in [0.2, 0.25) is 5.91 Å². The summed E-state index contributed by atoms with van der Waals surface area (Å²) in [5, 5.41) is 5.28. The molecule has 2 fully saturated rings. The van der Waals surface area contributed by atoms with Crippen molar-refractivity contribution >= 4 is 45.9 Å². The van der Waals surface area contributed by atoms with Crippen molar-refractivity contribution in [2.24, 2.45) is 4.99 Å². The monoisotopic (exact) mass is 588 g/mol. The van der Waals surface area contributed by atoms with E-state index in [9.17, 15) is 17.6 Å². The van der Waals surface area contributed by atoms with Crippen LogP contribution in [0.2, 0.25) is 0 Å². The van der Waals surface area contributed by atoms with Crippen molar-refractivity contribution in [3.05, 3.63) is 28.7 Å². The van der Waals surface area contributed by atoms with E-state index in [0.29, 0.717) is 33.2 Å². The summed E-state index contributed by atoms with van der Waals surface area (Å²) in [5.41, 5.74) is 0.767. The highest BCUT2D eigenvalue weighted by atomic mass is 32.2. The van der Waals surface area contributed by atoms with E-state index in [-0.39, 0.29) is 29.2 Å². The first kappa shape index (κ1) is 30.6. The number of aromatic nitrogens is 4. The molecule has 1 unspecified atom stereocenters. The molecule has 0 aliphatic carbocycles. The normalized spacial score (nSPS) is 25.4. The van der Waals surface area contributed by atoms with Crippen LogP contribution in [-0.2, 0) is 26.6 Å². The van der Waals surface area contributed by atoms with Gasteiger partial charge >= 0.3 is 0 Å². The van der Waals surface area contributed by atoms with Crippen LogP contribution in [0.1, 0.15) is 46.6 Å². The van der Waals surface area contributed by atoms with Gasteiger partial charge in [0.1, 0.15) is 29.0 Å². The highest BCUT2D eigenvalue weighted by Crippen LogP contribution is 2.45. The Kier molecular flexibility index (Phi) is 8.58. The van der Waals surface area contributed by atoms with Crippen LogP contribution >= 0.6 is 0 Å². The predicted octanol–water partition coefficient (Wildman–Crippen LogP) is 0.908. The van der Waals surface area contributed by atoms with Gasteiger partial charge < -0.3 is 14.7 Å². The summed E-state index contributed by atoms with van der Waals surface area (Å²) < 4.78 is 35.7. The number of amidine groups is 1. The molecule has 3 atom stereocenters. The molecule has 11 nitrogen and oxygen atoms in total. The average molecular weight is 589 g/mol. The van der Waals surface area contributed by atoms with Crippen molar-refractivity contribution in [2.75, 3.05) is 49.4 Å². The van der Waals surface area contributed by atoms with Crippen LogP contribution in [-0.4, -0.2) is 102 Å². The average Bonchev–Trinajstić information content (AvgIpc) is 3.43. The largest absolute Gasteiger partial charge is 0.350 e. The molecule has 0 saturated carbocycles. The smallest absolute Gasteiger partial charge is 0.241 e. The van der Waals surface area contributed by atoms with Gasteiger partial charge in [0, 0.05) is 67.6 Å². The van der Waals surface area contributed by atoms with Gasteiger partial charge in [-0.15, -0.1) is 0 Å². The SMILES string of the molecule is C=c1cnn(CC)/c1=C/C(=NC)N1CC(C)(C)c2c1ncnc2N1C[C@@H](C)N(C(=O)C2CCS2(=O)=O)C[C@@H]1C.CF. The van der Waals surface area contributed by atoms with E-state index in [4.69, 9.17) is 9.97 Å². The van der Waals surface area contributed by atoms with Crippen LogP contribution in [0.15, 0.2) is 17.5 Å². The lowest BCUT2D eigenvalue weighted by Crippen LogP contribution is -2.62. The molecule has 3 aliphatic rings. The molecule has 5 heterocycles. The molecular weight excluding hydrogens is 547 g/mol. The van der Waals surface area contributed by atoms with Gasteiger partial charge in [-0.1, -0.05) is 20.4 Å². The van der Waals surface area contributed by atoms with Crippen LogP contribution in [0.3, 0.4) is 0 Å². The summed E-state index contributed by atoms with van der Waals surface area (Å²) in [4.78, 5) is 33.3. The Hall–Kier alpha value is -3.35. The van der Waals surface area contributed by atoms with E-state index in [2.05, 4.69) is 47.2 Å². The van der Waals surface area contributed by atoms with Crippen LogP contribution in [0.5, 0.6) is 0 Å². The van der Waals surface area contributed by atoms with Gasteiger partial charge in [0.15, 0.2) is 9.84 Å². The number of alkyl halides is 1. The van der Waals surface area contributed by atoms with Crippen LogP contribution in [0.4, 0.5) is 16.0 Å². The zero-order valence-electron chi connectivity index (χ0n) is 25.0. The lowest BCUT2D eigenvalue weighted by molar-refractivity contribution is -0.134. The fraction of sp³-hybridized carbons (Fsp3) is 0.607. The molecule has 3 aliphatic heterocycles. The van der Waals surface area contributed by atoms with Gasteiger partial charge in [-0.2, -0.15) is 5.10 Å². The molecule has 5 rings (SSSR count). The Morgan fingerprint density at radius 1 is 1.20 bits per heavy atom. The maximum absolute atomic E-state index is 13.1. The number of sulfone groups is 1. The molecule has 2 aromatic rings. The van der Waals surface area contributed by atoms with Gasteiger partial charge in [-0.3, -0.25) is 18.9 Å². The maximum Gasteiger partial charge on any atom is 0.241 e. The molecule has 2 saturated heterocycles. The number of carbonyl (C=O) groups excluding carboxylic acids is 1. The number of hydrogen-bond donors (Lipinski definition) is 0.